The molecule has 1 amide bonds. The molecule has 7 nitrogen and oxygen atoms in total. The Morgan fingerprint density at radius 3 is 2.33 bits per heavy atom. The average molecular weight is 371 g/mol. The molecule has 0 aliphatic rings. The van der Waals surface area contributed by atoms with Crippen LogP contribution in [0.4, 0.5) is 11.4 Å². The van der Waals surface area contributed by atoms with Gasteiger partial charge in [0.15, 0.2) is 0 Å². The summed E-state index contributed by atoms with van der Waals surface area (Å²) in [6.07, 6.45) is 0. The monoisotopic (exact) mass is 371 g/mol. The van der Waals surface area contributed by atoms with Crippen molar-refractivity contribution in [1.29, 1.82) is 0 Å². The van der Waals surface area contributed by atoms with Gasteiger partial charge < -0.3 is 15.1 Å². The molecule has 0 unspecified atom stereocenters. The Morgan fingerprint density at radius 1 is 1.19 bits per heavy atom. The highest BCUT2D eigenvalue weighted by Crippen LogP contribution is 2.21. The van der Waals surface area contributed by atoms with Crippen LogP contribution in [0.15, 0.2) is 42.5 Å². The Morgan fingerprint density at radius 2 is 1.81 bits per heavy atom. The van der Waals surface area contributed by atoms with Crippen LogP contribution in [0.25, 0.3) is 0 Å². The molecule has 0 saturated heterocycles. The predicted octanol–water partition coefficient (Wildman–Crippen LogP) is 1.58. The zero-order valence-electron chi connectivity index (χ0n) is 16.4. The molecular weight excluding hydrogens is 344 g/mol. The number of likely N-dealkylation sites (N-methyl/N-ethyl adjacent to an activating group) is 1. The van der Waals surface area contributed by atoms with Crippen molar-refractivity contribution in [2.24, 2.45) is 0 Å². The van der Waals surface area contributed by atoms with Crippen LogP contribution in [0.5, 0.6) is 0 Å². The van der Waals surface area contributed by atoms with E-state index in [1.807, 2.05) is 33.1 Å². The van der Waals surface area contributed by atoms with Gasteiger partial charge in [-0.05, 0) is 25.1 Å². The van der Waals surface area contributed by atoms with Crippen molar-refractivity contribution in [3.05, 3.63) is 69.3 Å². The summed E-state index contributed by atoms with van der Waals surface area (Å²) in [6.45, 7) is 2.03. The first kappa shape index (κ1) is 20.4. The second-order valence-corrected chi connectivity index (χ2v) is 7.03. The molecule has 144 valence electrons. The van der Waals surface area contributed by atoms with Crippen LogP contribution < -0.4 is 15.1 Å². The lowest BCUT2D eigenvalue weighted by atomic mass is 10.0. The van der Waals surface area contributed by atoms with Gasteiger partial charge in [0.2, 0.25) is 0 Å². The normalized spacial score (nSPS) is 11.9. The number of benzene rings is 2. The first-order valence-corrected chi connectivity index (χ1v) is 8.82. The van der Waals surface area contributed by atoms with Gasteiger partial charge in [0.1, 0.15) is 6.04 Å². The zero-order valence-corrected chi connectivity index (χ0v) is 16.4. The van der Waals surface area contributed by atoms with Crippen LogP contribution >= 0.6 is 0 Å². The highest BCUT2D eigenvalue weighted by molar-refractivity contribution is 5.96. The van der Waals surface area contributed by atoms with E-state index in [1.54, 1.807) is 13.0 Å². The molecule has 0 fully saturated rings. The minimum absolute atomic E-state index is 0.0447. The molecule has 0 saturated carbocycles. The summed E-state index contributed by atoms with van der Waals surface area (Å²) in [5.41, 5.74) is 2.90. The number of hydrogen-bond donors (Lipinski definition) is 2. The Bertz CT molecular complexity index is 816. The summed E-state index contributed by atoms with van der Waals surface area (Å²) >= 11 is 0. The van der Waals surface area contributed by atoms with Crippen LogP contribution in [0.2, 0.25) is 0 Å². The lowest BCUT2D eigenvalue weighted by Crippen LogP contribution is -3.07. The molecule has 0 spiro atoms. The molecule has 2 aromatic rings. The summed E-state index contributed by atoms with van der Waals surface area (Å²) in [5, 5.41) is 14.0. The van der Waals surface area contributed by atoms with Crippen molar-refractivity contribution >= 4 is 17.3 Å². The Kier molecular flexibility index (Phi) is 6.52. The third kappa shape index (κ3) is 4.83. The van der Waals surface area contributed by atoms with E-state index < -0.39 is 4.92 Å². The fourth-order valence-corrected chi connectivity index (χ4v) is 3.02. The molecular formula is C20H27N4O3+. The number of carbonyl (C=O) groups excluding carboxylic acids is 1. The van der Waals surface area contributed by atoms with Gasteiger partial charge in [-0.25, -0.2) is 0 Å². The molecule has 0 aliphatic heterocycles. The van der Waals surface area contributed by atoms with Gasteiger partial charge in [0, 0.05) is 42.5 Å². The number of anilines is 1. The molecule has 0 aliphatic carbocycles. The molecule has 7 heteroatoms. The number of quaternary nitrogens is 1. The lowest BCUT2D eigenvalue weighted by molar-refractivity contribution is -0.890. The minimum atomic E-state index is -0.467. The average Bonchev–Trinajstić information content (AvgIpc) is 2.61. The van der Waals surface area contributed by atoms with Gasteiger partial charge in [-0.1, -0.05) is 18.2 Å². The Balaban J connectivity index is 2.15. The number of nitro groups is 1. The fraction of sp³-hybridized carbons (Fsp3) is 0.350. The number of carbonyl (C=O) groups is 1. The van der Waals surface area contributed by atoms with Gasteiger partial charge >= 0.3 is 0 Å². The third-order valence-electron chi connectivity index (χ3n) is 4.72. The molecule has 0 heterocycles. The molecule has 1 atom stereocenters. The molecule has 2 rings (SSSR count). The van der Waals surface area contributed by atoms with Crippen LogP contribution in [-0.2, 0) is 0 Å². The van der Waals surface area contributed by atoms with Crippen LogP contribution in [0.3, 0.4) is 0 Å². The van der Waals surface area contributed by atoms with Gasteiger partial charge in [-0.15, -0.1) is 0 Å². The molecule has 27 heavy (non-hydrogen) atoms. The number of rotatable bonds is 7. The summed E-state index contributed by atoms with van der Waals surface area (Å²) < 4.78 is 0. The van der Waals surface area contributed by atoms with E-state index in [4.69, 9.17) is 0 Å². The molecule has 2 N–H and O–H groups in total. The summed E-state index contributed by atoms with van der Waals surface area (Å²) in [7, 11) is 8.06. The maximum atomic E-state index is 12.6. The van der Waals surface area contributed by atoms with Crippen molar-refractivity contribution in [2.45, 2.75) is 13.0 Å². The first-order chi connectivity index (χ1) is 12.7. The number of nitrogens with one attached hydrogen (secondary N) is 2. The fourth-order valence-electron chi connectivity index (χ4n) is 3.02. The van der Waals surface area contributed by atoms with E-state index in [-0.39, 0.29) is 17.6 Å². The standard InChI is InChI=1S/C20H26N4O3/c1-14-17(7-6-8-18(14)24(26)27)20(25)21-13-19(23(4)5)15-9-11-16(12-10-15)22(2)3/h6-12,19H,13H2,1-5H3,(H,21,25)/p+1/t19-/m1/s1. The second kappa shape index (κ2) is 8.64. The summed E-state index contributed by atoms with van der Waals surface area (Å²) in [4.78, 5) is 26.4. The van der Waals surface area contributed by atoms with E-state index in [1.165, 1.54) is 17.0 Å². The highest BCUT2D eigenvalue weighted by Gasteiger charge is 2.22. The summed E-state index contributed by atoms with van der Waals surface area (Å²) in [5.74, 6) is -0.299. The van der Waals surface area contributed by atoms with Gasteiger partial charge in [-0.3, -0.25) is 14.9 Å². The lowest BCUT2D eigenvalue weighted by Gasteiger charge is -2.23. The quantitative estimate of drug-likeness (QED) is 0.572. The van der Waals surface area contributed by atoms with Crippen molar-refractivity contribution < 1.29 is 14.6 Å². The topological polar surface area (TPSA) is 79.9 Å². The first-order valence-electron chi connectivity index (χ1n) is 8.82. The van der Waals surface area contributed by atoms with Crippen LogP contribution in [0, 0.1) is 17.0 Å². The van der Waals surface area contributed by atoms with E-state index in [2.05, 4.69) is 29.6 Å². The zero-order chi connectivity index (χ0) is 20.1. The molecule has 0 aromatic heterocycles. The number of nitro benzene ring substituents is 1. The van der Waals surface area contributed by atoms with E-state index in [0.29, 0.717) is 17.7 Å². The number of amides is 1. The van der Waals surface area contributed by atoms with Crippen LogP contribution in [0.1, 0.15) is 27.5 Å². The van der Waals surface area contributed by atoms with Gasteiger partial charge in [-0.2, -0.15) is 0 Å². The maximum absolute atomic E-state index is 12.6. The molecule has 2 aromatic carbocycles. The van der Waals surface area contributed by atoms with Crippen molar-refractivity contribution in [3.63, 3.8) is 0 Å². The summed E-state index contributed by atoms with van der Waals surface area (Å²) in [6, 6.07) is 12.9. The van der Waals surface area contributed by atoms with Gasteiger partial charge in [0.25, 0.3) is 11.6 Å². The van der Waals surface area contributed by atoms with Crippen molar-refractivity contribution in [3.8, 4) is 0 Å². The minimum Gasteiger partial charge on any atom is -0.378 e. The van der Waals surface area contributed by atoms with Gasteiger partial charge in [0.05, 0.1) is 25.6 Å². The van der Waals surface area contributed by atoms with Crippen LogP contribution in [-0.4, -0.2) is 45.6 Å². The predicted molar refractivity (Wildman–Crippen MR) is 106 cm³/mol. The maximum Gasteiger partial charge on any atom is 0.273 e. The Labute approximate surface area is 159 Å². The van der Waals surface area contributed by atoms with Crippen molar-refractivity contribution in [2.75, 3.05) is 39.6 Å². The highest BCUT2D eigenvalue weighted by atomic mass is 16.6. The number of hydrogen-bond acceptors (Lipinski definition) is 4. The van der Waals surface area contributed by atoms with E-state index in [9.17, 15) is 14.9 Å². The Hall–Kier alpha value is -2.93. The van der Waals surface area contributed by atoms with Crippen molar-refractivity contribution in [1.82, 2.24) is 5.32 Å². The molecule has 0 radical (unpaired) electrons. The largest absolute Gasteiger partial charge is 0.378 e. The third-order valence-corrected chi connectivity index (χ3v) is 4.72. The molecule has 0 bridgehead atoms. The SMILES string of the molecule is Cc1c(C(=O)NC[C@H](c2ccc(N(C)C)cc2)[NH+](C)C)cccc1[N+](=O)[O-]. The van der Waals surface area contributed by atoms with E-state index >= 15 is 0 Å². The smallest absolute Gasteiger partial charge is 0.273 e. The van der Waals surface area contributed by atoms with E-state index in [0.717, 1.165) is 11.3 Å². The second-order valence-electron chi connectivity index (χ2n) is 7.03. The number of nitrogens with zero attached hydrogens (tertiary/aromatic N) is 2.